The Morgan fingerprint density at radius 3 is 2.33 bits per heavy atom. The minimum atomic E-state index is -1.24. The second kappa shape index (κ2) is 7.20. The number of urea groups is 1. The first kappa shape index (κ1) is 14.8. The number of hydrogen-bond donors (Lipinski definition) is 4. The number of hydrogen-bond acceptors (Lipinski definition) is 3. The van der Waals surface area contributed by atoms with Crippen molar-refractivity contribution in [1.29, 1.82) is 0 Å². The second-order valence-electron chi connectivity index (χ2n) is 4.82. The largest absolute Gasteiger partial charge is 0.480 e. The van der Waals surface area contributed by atoms with Gasteiger partial charge in [0.25, 0.3) is 0 Å². The number of amides is 2. The van der Waals surface area contributed by atoms with Gasteiger partial charge in [-0.25, -0.2) is 9.59 Å². The van der Waals surface area contributed by atoms with Gasteiger partial charge in [-0.1, -0.05) is 13.3 Å². The highest BCUT2D eigenvalue weighted by atomic mass is 16.4. The Kier molecular flexibility index (Phi) is 5.91. The summed E-state index contributed by atoms with van der Waals surface area (Å²) in [5.41, 5.74) is 0. The van der Waals surface area contributed by atoms with E-state index in [0.29, 0.717) is 0 Å². The van der Waals surface area contributed by atoms with E-state index in [1.54, 1.807) is 0 Å². The fourth-order valence-electron chi connectivity index (χ4n) is 2.29. The van der Waals surface area contributed by atoms with E-state index in [2.05, 4.69) is 17.6 Å². The molecule has 6 heteroatoms. The molecule has 1 unspecified atom stereocenters. The minimum absolute atomic E-state index is 0.112. The Hall–Kier alpha value is -1.30. The minimum Gasteiger partial charge on any atom is -0.480 e. The van der Waals surface area contributed by atoms with E-state index in [1.807, 2.05) is 0 Å². The molecule has 0 aromatic heterocycles. The van der Waals surface area contributed by atoms with Crippen LogP contribution >= 0.6 is 0 Å². The lowest BCUT2D eigenvalue weighted by Crippen LogP contribution is -2.51. The maximum absolute atomic E-state index is 11.5. The molecular weight excluding hydrogens is 236 g/mol. The summed E-state index contributed by atoms with van der Waals surface area (Å²) in [5, 5.41) is 22.5. The van der Waals surface area contributed by atoms with Crippen molar-refractivity contribution in [1.82, 2.24) is 10.6 Å². The second-order valence-corrected chi connectivity index (χ2v) is 4.82. The fraction of sp³-hybridized carbons (Fsp3) is 0.833. The predicted molar refractivity (Wildman–Crippen MR) is 66.2 cm³/mol. The van der Waals surface area contributed by atoms with Crippen LogP contribution in [0.25, 0.3) is 0 Å². The van der Waals surface area contributed by atoms with Crippen LogP contribution < -0.4 is 10.6 Å². The SMILES string of the molecule is CCC1CCC(NC(=O)NC(CO)C(=O)O)CC1. The number of aliphatic hydroxyl groups is 1. The van der Waals surface area contributed by atoms with E-state index in [0.717, 1.165) is 31.6 Å². The van der Waals surface area contributed by atoms with Crippen molar-refractivity contribution in [2.75, 3.05) is 6.61 Å². The molecule has 0 bridgehead atoms. The predicted octanol–water partition coefficient (Wildman–Crippen LogP) is 0.700. The van der Waals surface area contributed by atoms with Gasteiger partial charge in [0, 0.05) is 6.04 Å². The molecule has 1 rings (SSSR count). The Morgan fingerprint density at radius 1 is 1.28 bits per heavy atom. The number of aliphatic carboxylic acids is 1. The van der Waals surface area contributed by atoms with Gasteiger partial charge in [0.1, 0.15) is 0 Å². The Bertz CT molecular complexity index is 288. The lowest BCUT2D eigenvalue weighted by Gasteiger charge is -2.28. The van der Waals surface area contributed by atoms with Gasteiger partial charge < -0.3 is 20.8 Å². The van der Waals surface area contributed by atoms with Gasteiger partial charge in [0.15, 0.2) is 6.04 Å². The van der Waals surface area contributed by atoms with Crippen LogP contribution in [-0.4, -0.2) is 40.9 Å². The summed E-state index contributed by atoms with van der Waals surface area (Å²) in [5.74, 6) is -0.488. The number of carbonyl (C=O) groups is 2. The molecule has 1 saturated carbocycles. The molecule has 18 heavy (non-hydrogen) atoms. The molecule has 0 aromatic carbocycles. The van der Waals surface area contributed by atoms with Crippen LogP contribution in [0.3, 0.4) is 0 Å². The van der Waals surface area contributed by atoms with Crippen molar-refractivity contribution < 1.29 is 19.8 Å². The average molecular weight is 258 g/mol. The lowest BCUT2D eigenvalue weighted by molar-refractivity contribution is -0.140. The van der Waals surface area contributed by atoms with E-state index in [9.17, 15) is 9.59 Å². The van der Waals surface area contributed by atoms with Crippen LogP contribution in [0, 0.1) is 5.92 Å². The molecule has 1 atom stereocenters. The van der Waals surface area contributed by atoms with Crippen LogP contribution in [0.1, 0.15) is 39.0 Å². The third-order valence-corrected chi connectivity index (χ3v) is 3.55. The van der Waals surface area contributed by atoms with Gasteiger partial charge in [-0.2, -0.15) is 0 Å². The summed E-state index contributed by atoms with van der Waals surface area (Å²) < 4.78 is 0. The number of carbonyl (C=O) groups excluding carboxylic acids is 1. The van der Waals surface area contributed by atoms with Crippen molar-refractivity contribution in [3.63, 3.8) is 0 Å². The summed E-state index contributed by atoms with van der Waals surface area (Å²) in [7, 11) is 0. The number of aliphatic hydroxyl groups excluding tert-OH is 1. The lowest BCUT2D eigenvalue weighted by atomic mass is 9.85. The molecule has 0 radical (unpaired) electrons. The zero-order valence-electron chi connectivity index (χ0n) is 10.7. The molecule has 104 valence electrons. The molecule has 1 fully saturated rings. The first-order valence-electron chi connectivity index (χ1n) is 6.47. The molecule has 2 amide bonds. The van der Waals surface area contributed by atoms with E-state index in [4.69, 9.17) is 10.2 Å². The molecule has 0 aliphatic heterocycles. The van der Waals surface area contributed by atoms with Crippen LogP contribution in [-0.2, 0) is 4.79 Å². The van der Waals surface area contributed by atoms with Crippen molar-refractivity contribution in [2.24, 2.45) is 5.92 Å². The van der Waals surface area contributed by atoms with E-state index < -0.39 is 24.6 Å². The topological polar surface area (TPSA) is 98.7 Å². The number of nitrogens with one attached hydrogen (secondary N) is 2. The Labute approximate surface area is 107 Å². The summed E-state index contributed by atoms with van der Waals surface area (Å²) in [6.07, 6.45) is 5.24. The third kappa shape index (κ3) is 4.52. The summed E-state index contributed by atoms with van der Waals surface area (Å²) in [6.45, 7) is 1.56. The zero-order valence-corrected chi connectivity index (χ0v) is 10.7. The van der Waals surface area contributed by atoms with Crippen molar-refractivity contribution in [2.45, 2.75) is 51.1 Å². The highest BCUT2D eigenvalue weighted by Gasteiger charge is 2.23. The molecule has 1 aliphatic carbocycles. The van der Waals surface area contributed by atoms with Crippen molar-refractivity contribution in [3.8, 4) is 0 Å². The van der Waals surface area contributed by atoms with Crippen LogP contribution in [0.5, 0.6) is 0 Å². The molecule has 0 saturated heterocycles. The first-order chi connectivity index (χ1) is 8.56. The first-order valence-corrected chi connectivity index (χ1v) is 6.47. The van der Waals surface area contributed by atoms with Gasteiger partial charge in [-0.15, -0.1) is 0 Å². The van der Waals surface area contributed by atoms with Gasteiger partial charge in [0.2, 0.25) is 0 Å². The third-order valence-electron chi connectivity index (χ3n) is 3.55. The summed E-state index contributed by atoms with van der Waals surface area (Å²) >= 11 is 0. The smallest absolute Gasteiger partial charge is 0.328 e. The van der Waals surface area contributed by atoms with Gasteiger partial charge in [-0.3, -0.25) is 0 Å². The number of rotatable bonds is 5. The Morgan fingerprint density at radius 2 is 1.89 bits per heavy atom. The monoisotopic (exact) mass is 258 g/mol. The van der Waals surface area contributed by atoms with Crippen LogP contribution in [0.2, 0.25) is 0 Å². The molecule has 0 heterocycles. The maximum atomic E-state index is 11.5. The standard InChI is InChI=1S/C12H22N2O4/c1-2-8-3-5-9(6-4-8)13-12(18)14-10(7-15)11(16)17/h8-10,15H,2-7H2,1H3,(H,16,17)(H2,13,14,18). The maximum Gasteiger partial charge on any atom is 0.328 e. The highest BCUT2D eigenvalue weighted by Crippen LogP contribution is 2.26. The summed E-state index contributed by atoms with van der Waals surface area (Å²) in [6, 6.07) is -1.64. The fourth-order valence-corrected chi connectivity index (χ4v) is 2.29. The molecular formula is C12H22N2O4. The number of carboxylic acid groups (broad SMARTS) is 1. The van der Waals surface area contributed by atoms with Crippen LogP contribution in [0.4, 0.5) is 4.79 Å². The van der Waals surface area contributed by atoms with Crippen LogP contribution in [0.15, 0.2) is 0 Å². The van der Waals surface area contributed by atoms with E-state index in [-0.39, 0.29) is 6.04 Å². The molecule has 6 nitrogen and oxygen atoms in total. The normalized spacial score (nSPS) is 25.2. The van der Waals surface area contributed by atoms with Gasteiger partial charge >= 0.3 is 12.0 Å². The van der Waals surface area contributed by atoms with E-state index in [1.165, 1.54) is 6.42 Å². The van der Waals surface area contributed by atoms with Gasteiger partial charge in [-0.05, 0) is 31.6 Å². The molecule has 0 aromatic rings. The molecule has 1 aliphatic rings. The summed E-state index contributed by atoms with van der Waals surface area (Å²) in [4.78, 5) is 22.2. The van der Waals surface area contributed by atoms with Crippen molar-refractivity contribution >= 4 is 12.0 Å². The molecule has 0 spiro atoms. The van der Waals surface area contributed by atoms with Gasteiger partial charge in [0.05, 0.1) is 6.61 Å². The molecule has 4 N–H and O–H groups in total. The Balaban J connectivity index is 2.30. The highest BCUT2D eigenvalue weighted by molar-refractivity contribution is 5.82. The quantitative estimate of drug-likeness (QED) is 0.583. The number of carboxylic acids is 1. The zero-order chi connectivity index (χ0) is 13.5. The van der Waals surface area contributed by atoms with E-state index >= 15 is 0 Å². The average Bonchev–Trinajstić information content (AvgIpc) is 2.36. The van der Waals surface area contributed by atoms with Crippen molar-refractivity contribution in [3.05, 3.63) is 0 Å².